The third kappa shape index (κ3) is 3.49. The standard InChI is InChI=1S/C14H21N3O2S/c1-4-12(14(18)19-5-2)20-13-10-8-17(3)7-6-11(10)15-9-16-13/h9,12H,4-8H2,1-3H3. The Bertz CT molecular complexity index is 481. The van der Waals surface area contributed by atoms with E-state index < -0.39 is 0 Å². The Morgan fingerprint density at radius 1 is 1.50 bits per heavy atom. The lowest BCUT2D eigenvalue weighted by Crippen LogP contribution is -2.28. The summed E-state index contributed by atoms with van der Waals surface area (Å²) < 4.78 is 5.12. The molecular formula is C14H21N3O2S. The van der Waals surface area contributed by atoms with Gasteiger partial charge >= 0.3 is 5.97 Å². The van der Waals surface area contributed by atoms with Crippen molar-refractivity contribution in [3.05, 3.63) is 17.6 Å². The number of rotatable bonds is 5. The average molecular weight is 295 g/mol. The summed E-state index contributed by atoms with van der Waals surface area (Å²) in [6.07, 6.45) is 3.28. The SMILES string of the molecule is CCOC(=O)C(CC)Sc1ncnc2c1CN(C)CC2. The van der Waals surface area contributed by atoms with Gasteiger partial charge in [-0.05, 0) is 20.4 Å². The van der Waals surface area contributed by atoms with Gasteiger partial charge in [-0.2, -0.15) is 0 Å². The third-order valence-corrected chi connectivity index (χ3v) is 4.71. The fourth-order valence-electron chi connectivity index (χ4n) is 2.22. The highest BCUT2D eigenvalue weighted by Gasteiger charge is 2.24. The van der Waals surface area contributed by atoms with Crippen LogP contribution in [0.15, 0.2) is 11.4 Å². The van der Waals surface area contributed by atoms with Crippen LogP contribution in [-0.4, -0.2) is 46.3 Å². The quantitative estimate of drug-likeness (QED) is 0.470. The zero-order valence-corrected chi connectivity index (χ0v) is 13.1. The van der Waals surface area contributed by atoms with Crippen LogP contribution in [0.2, 0.25) is 0 Å². The van der Waals surface area contributed by atoms with Crippen LogP contribution in [0.25, 0.3) is 0 Å². The van der Waals surface area contributed by atoms with E-state index in [0.717, 1.165) is 42.2 Å². The number of hydrogen-bond acceptors (Lipinski definition) is 6. The minimum atomic E-state index is -0.193. The first-order valence-electron chi connectivity index (χ1n) is 7.00. The van der Waals surface area contributed by atoms with Gasteiger partial charge in [-0.1, -0.05) is 18.7 Å². The van der Waals surface area contributed by atoms with Gasteiger partial charge in [0, 0.05) is 25.1 Å². The Kier molecular flexibility index (Phi) is 5.37. The average Bonchev–Trinajstić information content (AvgIpc) is 2.45. The molecular weight excluding hydrogens is 274 g/mol. The molecule has 6 heteroatoms. The molecule has 0 amide bonds. The van der Waals surface area contributed by atoms with E-state index in [0.29, 0.717) is 6.61 Å². The summed E-state index contributed by atoms with van der Waals surface area (Å²) in [5.74, 6) is -0.156. The molecule has 20 heavy (non-hydrogen) atoms. The van der Waals surface area contributed by atoms with E-state index in [9.17, 15) is 4.79 Å². The molecule has 0 radical (unpaired) electrons. The highest BCUT2D eigenvalue weighted by atomic mass is 32.2. The number of thioether (sulfide) groups is 1. The van der Waals surface area contributed by atoms with Gasteiger partial charge in [0.05, 0.1) is 12.3 Å². The molecule has 1 atom stereocenters. The number of carbonyl (C=O) groups excluding carboxylic acids is 1. The molecule has 0 N–H and O–H groups in total. The van der Waals surface area contributed by atoms with E-state index in [1.54, 1.807) is 6.33 Å². The lowest BCUT2D eigenvalue weighted by atomic mass is 10.1. The number of nitrogens with zero attached hydrogens (tertiary/aromatic N) is 3. The molecule has 2 heterocycles. The van der Waals surface area contributed by atoms with Crippen molar-refractivity contribution in [1.82, 2.24) is 14.9 Å². The van der Waals surface area contributed by atoms with Gasteiger partial charge in [-0.15, -0.1) is 0 Å². The van der Waals surface area contributed by atoms with Gasteiger partial charge in [-0.25, -0.2) is 9.97 Å². The zero-order valence-electron chi connectivity index (χ0n) is 12.3. The van der Waals surface area contributed by atoms with Crippen LogP contribution in [0.3, 0.4) is 0 Å². The van der Waals surface area contributed by atoms with Crippen molar-refractivity contribution in [2.75, 3.05) is 20.2 Å². The number of hydrogen-bond donors (Lipinski definition) is 0. The monoisotopic (exact) mass is 295 g/mol. The molecule has 0 saturated heterocycles. The van der Waals surface area contributed by atoms with Crippen molar-refractivity contribution in [2.24, 2.45) is 0 Å². The molecule has 0 aromatic carbocycles. The summed E-state index contributed by atoms with van der Waals surface area (Å²) >= 11 is 1.50. The molecule has 2 rings (SSSR count). The molecule has 110 valence electrons. The molecule has 0 fully saturated rings. The topological polar surface area (TPSA) is 55.3 Å². The van der Waals surface area contributed by atoms with Gasteiger partial charge in [0.2, 0.25) is 0 Å². The second kappa shape index (κ2) is 7.04. The Morgan fingerprint density at radius 2 is 2.30 bits per heavy atom. The van der Waals surface area contributed by atoms with Gasteiger partial charge in [0.25, 0.3) is 0 Å². The Hall–Kier alpha value is -1.14. The third-order valence-electron chi connectivity index (χ3n) is 3.33. The molecule has 0 spiro atoms. The fraction of sp³-hybridized carbons (Fsp3) is 0.643. The summed E-state index contributed by atoms with van der Waals surface area (Å²) in [6.45, 7) is 6.10. The minimum Gasteiger partial charge on any atom is -0.465 e. The van der Waals surface area contributed by atoms with Gasteiger partial charge in [0.1, 0.15) is 16.6 Å². The van der Waals surface area contributed by atoms with E-state index in [2.05, 4.69) is 21.9 Å². The second-order valence-electron chi connectivity index (χ2n) is 4.86. The maximum absolute atomic E-state index is 11.9. The van der Waals surface area contributed by atoms with Crippen molar-refractivity contribution in [1.29, 1.82) is 0 Å². The van der Waals surface area contributed by atoms with Crippen LogP contribution in [0.5, 0.6) is 0 Å². The number of likely N-dealkylation sites (N-methyl/N-ethyl adjacent to an activating group) is 1. The van der Waals surface area contributed by atoms with Crippen molar-refractivity contribution in [2.45, 2.75) is 43.5 Å². The molecule has 1 aromatic heterocycles. The van der Waals surface area contributed by atoms with Crippen molar-refractivity contribution in [3.8, 4) is 0 Å². The van der Waals surface area contributed by atoms with Crippen molar-refractivity contribution in [3.63, 3.8) is 0 Å². The van der Waals surface area contributed by atoms with Crippen LogP contribution in [0, 0.1) is 0 Å². The van der Waals surface area contributed by atoms with Gasteiger partial charge < -0.3 is 9.64 Å². The van der Waals surface area contributed by atoms with E-state index in [1.165, 1.54) is 11.8 Å². The second-order valence-corrected chi connectivity index (χ2v) is 6.05. The largest absolute Gasteiger partial charge is 0.465 e. The van der Waals surface area contributed by atoms with Crippen LogP contribution in [0.1, 0.15) is 31.5 Å². The Labute approximate surface area is 124 Å². The van der Waals surface area contributed by atoms with Crippen molar-refractivity contribution >= 4 is 17.7 Å². The lowest BCUT2D eigenvalue weighted by Gasteiger charge is -2.25. The van der Waals surface area contributed by atoms with Crippen LogP contribution >= 0.6 is 11.8 Å². The highest BCUT2D eigenvalue weighted by molar-refractivity contribution is 8.00. The first kappa shape index (κ1) is 15.3. The minimum absolute atomic E-state index is 0.156. The van der Waals surface area contributed by atoms with E-state index in [-0.39, 0.29) is 11.2 Å². The van der Waals surface area contributed by atoms with E-state index in [1.807, 2.05) is 13.8 Å². The van der Waals surface area contributed by atoms with Crippen molar-refractivity contribution < 1.29 is 9.53 Å². The number of ether oxygens (including phenoxy) is 1. The summed E-state index contributed by atoms with van der Waals surface area (Å²) in [7, 11) is 2.09. The molecule has 0 saturated carbocycles. The molecule has 0 aliphatic carbocycles. The Morgan fingerprint density at radius 3 is 3.00 bits per heavy atom. The molecule has 0 bridgehead atoms. The molecule has 1 aliphatic rings. The van der Waals surface area contributed by atoms with E-state index in [4.69, 9.17) is 4.74 Å². The highest BCUT2D eigenvalue weighted by Crippen LogP contribution is 2.30. The predicted molar refractivity (Wildman–Crippen MR) is 78.6 cm³/mol. The summed E-state index contributed by atoms with van der Waals surface area (Å²) in [4.78, 5) is 22.9. The Balaban J connectivity index is 2.18. The van der Waals surface area contributed by atoms with E-state index >= 15 is 0 Å². The number of carbonyl (C=O) groups is 1. The summed E-state index contributed by atoms with van der Waals surface area (Å²) in [5.41, 5.74) is 2.27. The van der Waals surface area contributed by atoms with Gasteiger partial charge in [0.15, 0.2) is 0 Å². The number of fused-ring (bicyclic) bond motifs is 1. The van der Waals surface area contributed by atoms with Crippen LogP contribution < -0.4 is 0 Å². The maximum atomic E-state index is 11.9. The summed E-state index contributed by atoms with van der Waals surface area (Å²) in [5, 5.41) is 0.725. The van der Waals surface area contributed by atoms with Crippen LogP contribution in [-0.2, 0) is 22.5 Å². The lowest BCUT2D eigenvalue weighted by molar-refractivity contribution is -0.142. The number of esters is 1. The fourth-order valence-corrected chi connectivity index (χ4v) is 3.25. The maximum Gasteiger partial charge on any atom is 0.319 e. The predicted octanol–water partition coefficient (Wildman–Crippen LogP) is 1.90. The molecule has 1 aliphatic heterocycles. The number of aromatic nitrogens is 2. The first-order chi connectivity index (χ1) is 9.65. The zero-order chi connectivity index (χ0) is 14.5. The van der Waals surface area contributed by atoms with Crippen LogP contribution in [0.4, 0.5) is 0 Å². The normalized spacial score (nSPS) is 16.6. The van der Waals surface area contributed by atoms with Gasteiger partial charge in [-0.3, -0.25) is 4.79 Å². The smallest absolute Gasteiger partial charge is 0.319 e. The summed E-state index contributed by atoms with van der Waals surface area (Å²) in [6, 6.07) is 0. The first-order valence-corrected chi connectivity index (χ1v) is 7.88. The molecule has 1 aromatic rings. The molecule has 5 nitrogen and oxygen atoms in total. The molecule has 1 unspecified atom stereocenters.